The average molecular weight is 255 g/mol. The molecule has 0 spiro atoms. The first-order valence-corrected chi connectivity index (χ1v) is 4.28. The van der Waals surface area contributed by atoms with Crippen LogP contribution >= 0.6 is 0 Å². The molecule has 0 heterocycles. The van der Waals surface area contributed by atoms with Gasteiger partial charge in [0.15, 0.2) is 5.56 Å². The molecule has 0 fully saturated rings. The van der Waals surface area contributed by atoms with E-state index in [1.165, 1.54) is 0 Å². The van der Waals surface area contributed by atoms with Gasteiger partial charge in [-0.15, -0.1) is 0 Å². The first-order chi connectivity index (χ1) is 8.27. The highest BCUT2D eigenvalue weighted by Crippen LogP contribution is 2.27. The second-order valence-electron chi connectivity index (χ2n) is 3.06. The molecule has 0 aliphatic carbocycles. The number of carboxylic acid groups (broad SMARTS) is 3. The zero-order valence-electron chi connectivity index (χ0n) is 8.48. The Morgan fingerprint density at radius 2 is 1.39 bits per heavy atom. The van der Waals surface area contributed by atoms with Gasteiger partial charge in [-0.2, -0.15) is 0 Å². The van der Waals surface area contributed by atoms with Crippen molar-refractivity contribution in [3.63, 3.8) is 0 Å². The Labute approximate surface area is 98.0 Å². The summed E-state index contributed by atoms with van der Waals surface area (Å²) in [4.78, 5) is 41.8. The zero-order chi connectivity index (χ0) is 14.0. The molecule has 18 heavy (non-hydrogen) atoms. The van der Waals surface area contributed by atoms with Crippen LogP contribution in [0.3, 0.4) is 0 Å². The quantitative estimate of drug-likeness (QED) is 0.524. The summed E-state index contributed by atoms with van der Waals surface area (Å²) in [6.45, 7) is 0. The number of benzene rings is 1. The van der Waals surface area contributed by atoms with Crippen LogP contribution in [0.4, 0.5) is 5.69 Å². The van der Waals surface area contributed by atoms with Crippen molar-refractivity contribution in [3.05, 3.63) is 38.9 Å². The van der Waals surface area contributed by atoms with E-state index in [-0.39, 0.29) is 0 Å². The van der Waals surface area contributed by atoms with E-state index < -0.39 is 45.2 Å². The summed E-state index contributed by atoms with van der Waals surface area (Å²) < 4.78 is 0. The summed E-state index contributed by atoms with van der Waals surface area (Å²) in [6.07, 6.45) is 0. The van der Waals surface area contributed by atoms with Crippen molar-refractivity contribution in [3.8, 4) is 0 Å². The lowest BCUT2D eigenvalue weighted by atomic mass is 10.0. The van der Waals surface area contributed by atoms with Crippen LogP contribution in [0.25, 0.3) is 0 Å². The van der Waals surface area contributed by atoms with Crippen LogP contribution in [0, 0.1) is 10.1 Å². The smallest absolute Gasteiger partial charge is 0.343 e. The van der Waals surface area contributed by atoms with Crippen molar-refractivity contribution in [1.29, 1.82) is 0 Å². The molecule has 0 aliphatic heterocycles. The largest absolute Gasteiger partial charge is 0.478 e. The molecule has 0 aromatic heterocycles. The molecule has 0 unspecified atom stereocenters. The number of nitrogens with zero attached hydrogens (tertiary/aromatic N) is 1. The summed E-state index contributed by atoms with van der Waals surface area (Å²) in [5.41, 5.74) is -4.15. The molecule has 1 rings (SSSR count). The molecule has 3 N–H and O–H groups in total. The van der Waals surface area contributed by atoms with E-state index >= 15 is 0 Å². The van der Waals surface area contributed by atoms with E-state index in [0.29, 0.717) is 12.1 Å². The molecule has 0 atom stereocenters. The summed E-state index contributed by atoms with van der Waals surface area (Å²) >= 11 is 0. The van der Waals surface area contributed by atoms with Gasteiger partial charge in [0.2, 0.25) is 0 Å². The maximum absolute atomic E-state index is 10.9. The Morgan fingerprint density at radius 1 is 0.944 bits per heavy atom. The zero-order valence-corrected chi connectivity index (χ0v) is 8.48. The number of nitro groups is 1. The normalized spacial score (nSPS) is 9.78. The van der Waals surface area contributed by atoms with E-state index in [2.05, 4.69) is 0 Å². The summed E-state index contributed by atoms with van der Waals surface area (Å²) in [5.74, 6) is -5.31. The summed E-state index contributed by atoms with van der Waals surface area (Å²) in [7, 11) is 0. The van der Waals surface area contributed by atoms with Crippen LogP contribution in [0.2, 0.25) is 0 Å². The number of nitro benzene ring substituents is 1. The minimum absolute atomic E-state index is 0.677. The van der Waals surface area contributed by atoms with Crippen molar-refractivity contribution in [2.45, 2.75) is 0 Å². The van der Waals surface area contributed by atoms with Crippen molar-refractivity contribution in [2.75, 3.05) is 0 Å². The Morgan fingerprint density at radius 3 is 1.72 bits per heavy atom. The molecule has 0 amide bonds. The highest BCUT2D eigenvalue weighted by atomic mass is 16.6. The van der Waals surface area contributed by atoms with Crippen LogP contribution in [0.1, 0.15) is 31.1 Å². The molecular formula is C9H5NO8. The van der Waals surface area contributed by atoms with E-state index in [4.69, 9.17) is 15.3 Å². The first kappa shape index (κ1) is 13.1. The summed E-state index contributed by atoms with van der Waals surface area (Å²) in [5, 5.41) is 36.9. The maximum Gasteiger partial charge on any atom is 0.343 e. The Bertz CT molecular complexity index is 525. The van der Waals surface area contributed by atoms with E-state index in [9.17, 15) is 24.5 Å². The second-order valence-corrected chi connectivity index (χ2v) is 3.06. The van der Waals surface area contributed by atoms with Gasteiger partial charge in [0.05, 0.1) is 10.5 Å². The van der Waals surface area contributed by atoms with Crippen LogP contribution in [0.15, 0.2) is 12.1 Å². The number of carboxylic acids is 3. The minimum Gasteiger partial charge on any atom is -0.478 e. The van der Waals surface area contributed by atoms with Gasteiger partial charge in [-0.3, -0.25) is 10.1 Å². The monoisotopic (exact) mass is 255 g/mol. The van der Waals surface area contributed by atoms with Crippen molar-refractivity contribution >= 4 is 23.6 Å². The molecule has 1 aromatic carbocycles. The van der Waals surface area contributed by atoms with Crippen molar-refractivity contribution in [1.82, 2.24) is 0 Å². The SMILES string of the molecule is O=C(O)c1ccc(C(=O)O)c([N+](=O)[O-])c1C(=O)O. The van der Waals surface area contributed by atoms with E-state index in [0.717, 1.165) is 0 Å². The first-order valence-electron chi connectivity index (χ1n) is 4.28. The molecule has 0 radical (unpaired) electrons. The highest BCUT2D eigenvalue weighted by molar-refractivity contribution is 6.08. The average Bonchev–Trinajstić information content (AvgIpc) is 2.26. The third-order valence-corrected chi connectivity index (χ3v) is 2.04. The van der Waals surface area contributed by atoms with Crippen LogP contribution in [-0.4, -0.2) is 38.2 Å². The van der Waals surface area contributed by atoms with Gasteiger partial charge in [0.25, 0.3) is 5.69 Å². The van der Waals surface area contributed by atoms with Crippen molar-refractivity contribution < 1.29 is 34.6 Å². The minimum atomic E-state index is -1.89. The van der Waals surface area contributed by atoms with Gasteiger partial charge in [-0.05, 0) is 12.1 Å². The number of aromatic carboxylic acids is 3. The topological polar surface area (TPSA) is 155 Å². The fraction of sp³-hybridized carbons (Fsp3) is 0. The number of hydrogen-bond acceptors (Lipinski definition) is 5. The predicted octanol–water partition coefficient (Wildman–Crippen LogP) is 0.689. The molecule has 0 aliphatic rings. The van der Waals surface area contributed by atoms with Gasteiger partial charge in [-0.1, -0.05) is 0 Å². The predicted molar refractivity (Wildman–Crippen MR) is 54.0 cm³/mol. The lowest BCUT2D eigenvalue weighted by Gasteiger charge is -2.05. The molecule has 0 saturated carbocycles. The lowest BCUT2D eigenvalue weighted by molar-refractivity contribution is -0.385. The molecule has 0 bridgehead atoms. The van der Waals surface area contributed by atoms with Gasteiger partial charge >= 0.3 is 17.9 Å². The van der Waals surface area contributed by atoms with E-state index in [1.807, 2.05) is 0 Å². The maximum atomic E-state index is 10.9. The molecule has 94 valence electrons. The van der Waals surface area contributed by atoms with Gasteiger partial charge in [0, 0.05) is 0 Å². The third kappa shape index (κ3) is 2.09. The lowest BCUT2D eigenvalue weighted by Crippen LogP contribution is -2.15. The molecule has 1 aromatic rings. The van der Waals surface area contributed by atoms with Crippen LogP contribution in [-0.2, 0) is 0 Å². The molecule has 0 saturated heterocycles. The number of rotatable bonds is 4. The summed E-state index contributed by atoms with van der Waals surface area (Å²) in [6, 6.07) is 1.37. The highest BCUT2D eigenvalue weighted by Gasteiger charge is 2.33. The third-order valence-electron chi connectivity index (χ3n) is 2.04. The molecular weight excluding hydrogens is 250 g/mol. The van der Waals surface area contributed by atoms with Gasteiger partial charge in [-0.25, -0.2) is 14.4 Å². The van der Waals surface area contributed by atoms with Gasteiger partial charge in [0.1, 0.15) is 5.56 Å². The van der Waals surface area contributed by atoms with Crippen LogP contribution in [0.5, 0.6) is 0 Å². The number of hydrogen-bond donors (Lipinski definition) is 3. The molecule has 9 nitrogen and oxygen atoms in total. The van der Waals surface area contributed by atoms with E-state index in [1.54, 1.807) is 0 Å². The Kier molecular flexibility index (Phi) is 3.27. The van der Waals surface area contributed by atoms with Gasteiger partial charge < -0.3 is 15.3 Å². The molecule has 9 heteroatoms. The number of carbonyl (C=O) groups is 3. The Hall–Kier alpha value is -2.97. The second kappa shape index (κ2) is 4.49. The Balaban J connectivity index is 3.82. The standard InChI is InChI=1S/C9H5NO8/c11-7(12)3-1-2-4(8(13)14)6(10(17)18)5(3)9(15)16/h1-2H,(H,11,12)(H,13,14)(H,15,16). The fourth-order valence-electron chi connectivity index (χ4n) is 1.35. The fourth-order valence-corrected chi connectivity index (χ4v) is 1.35. The van der Waals surface area contributed by atoms with Crippen LogP contribution < -0.4 is 0 Å². The van der Waals surface area contributed by atoms with Crippen molar-refractivity contribution in [2.24, 2.45) is 0 Å².